The molecule has 70 valence electrons. The van der Waals surface area contributed by atoms with Crippen LogP contribution >= 0.6 is 24.2 Å². The summed E-state index contributed by atoms with van der Waals surface area (Å²) in [5.74, 6) is 0.247. The monoisotopic (exact) mass is 217 g/mol. The molecule has 0 atom stereocenters. The lowest BCUT2D eigenvalue weighted by atomic mass is 10.2. The van der Waals surface area contributed by atoms with Crippen LogP contribution in [0.5, 0.6) is 0 Å². The average molecular weight is 218 g/mol. The molecule has 0 aliphatic heterocycles. The Morgan fingerprint density at radius 1 is 1.62 bits per heavy atom. The van der Waals surface area contributed by atoms with Crippen molar-refractivity contribution in [1.29, 1.82) is 0 Å². The molecule has 0 saturated carbocycles. The second-order valence-corrected chi connectivity index (χ2v) is 3.30. The van der Waals surface area contributed by atoms with Crippen LogP contribution in [-0.4, -0.2) is 10.7 Å². The molecule has 0 fully saturated rings. The molecule has 0 saturated heterocycles. The fourth-order valence-electron chi connectivity index (χ4n) is 0.840. The van der Waals surface area contributed by atoms with E-state index in [4.69, 9.17) is 11.6 Å². The fraction of sp³-hybridized carbons (Fsp3) is 0.222. The molecule has 13 heavy (non-hydrogen) atoms. The maximum absolute atomic E-state index is 12.6. The van der Waals surface area contributed by atoms with Crippen molar-refractivity contribution in [3.63, 3.8) is 0 Å². The van der Waals surface area contributed by atoms with E-state index < -0.39 is 5.95 Å². The third-order valence-corrected chi connectivity index (χ3v) is 2.02. The fourth-order valence-corrected chi connectivity index (χ4v) is 1.16. The van der Waals surface area contributed by atoms with Gasteiger partial charge in [0, 0.05) is 12.3 Å². The van der Waals surface area contributed by atoms with E-state index >= 15 is 0 Å². The molecular weight excluding hydrogens is 209 g/mol. The zero-order valence-electron chi connectivity index (χ0n) is 6.87. The molecule has 1 rings (SSSR count). The third kappa shape index (κ3) is 3.36. The minimum atomic E-state index is -0.519. The lowest BCUT2D eigenvalue weighted by molar-refractivity contribution is 0.583. The van der Waals surface area contributed by atoms with Gasteiger partial charge in [0.15, 0.2) is 0 Å². The summed E-state index contributed by atoms with van der Waals surface area (Å²) in [6.45, 7) is 0. The highest BCUT2D eigenvalue weighted by Gasteiger charge is 1.98. The van der Waals surface area contributed by atoms with Gasteiger partial charge < -0.3 is 0 Å². The number of aromatic nitrogens is 1. The summed E-state index contributed by atoms with van der Waals surface area (Å²) in [5, 5.41) is 0.455. The van der Waals surface area contributed by atoms with E-state index in [0.717, 1.165) is 12.2 Å². The van der Waals surface area contributed by atoms with Crippen molar-refractivity contribution in [2.75, 3.05) is 5.75 Å². The van der Waals surface area contributed by atoms with Crippen molar-refractivity contribution >= 4 is 30.3 Å². The highest BCUT2D eigenvalue weighted by atomic mass is 35.5. The number of allylic oxidation sites excluding steroid dienone is 1. The normalized spacial score (nSPS) is 11.0. The zero-order valence-corrected chi connectivity index (χ0v) is 8.52. The highest BCUT2D eigenvalue weighted by molar-refractivity contribution is 7.80. The Balaban J connectivity index is 2.81. The Morgan fingerprint density at radius 3 is 3.08 bits per heavy atom. The van der Waals surface area contributed by atoms with Crippen molar-refractivity contribution in [1.82, 2.24) is 4.98 Å². The molecule has 0 unspecified atom stereocenters. The maximum Gasteiger partial charge on any atom is 0.213 e. The maximum atomic E-state index is 12.6. The summed E-state index contributed by atoms with van der Waals surface area (Å²) >= 11 is 9.82. The van der Waals surface area contributed by atoms with Gasteiger partial charge in [-0.15, -0.1) is 0 Å². The van der Waals surface area contributed by atoms with Gasteiger partial charge in [0.05, 0.1) is 5.02 Å². The van der Waals surface area contributed by atoms with E-state index in [1.807, 2.05) is 6.08 Å². The predicted molar refractivity (Wildman–Crippen MR) is 56.7 cm³/mol. The van der Waals surface area contributed by atoms with Gasteiger partial charge in [-0.25, -0.2) is 4.98 Å². The Labute approximate surface area is 87.0 Å². The quantitative estimate of drug-likeness (QED) is 0.606. The SMILES string of the molecule is Fc1cc(C=CCCS)c(Cl)cn1. The predicted octanol–water partition coefficient (Wildman–Crippen LogP) is 3.21. The molecule has 0 aliphatic carbocycles. The van der Waals surface area contributed by atoms with E-state index in [-0.39, 0.29) is 0 Å². The van der Waals surface area contributed by atoms with Gasteiger partial charge in [0.25, 0.3) is 0 Å². The standard InChI is InChI=1S/C9H9ClFNS/c10-8-6-12-9(11)5-7(8)3-1-2-4-13/h1,3,5-6,13H,2,4H2. The van der Waals surface area contributed by atoms with Gasteiger partial charge >= 0.3 is 0 Å². The first-order chi connectivity index (χ1) is 6.24. The Kier molecular flexibility index (Phi) is 4.25. The van der Waals surface area contributed by atoms with Crippen LogP contribution in [0.15, 0.2) is 18.3 Å². The lowest BCUT2D eigenvalue weighted by Gasteiger charge is -1.96. The molecule has 1 aromatic rings. The molecule has 0 radical (unpaired) electrons. The van der Waals surface area contributed by atoms with Crippen molar-refractivity contribution in [2.24, 2.45) is 0 Å². The van der Waals surface area contributed by atoms with Crippen LogP contribution in [0.25, 0.3) is 6.08 Å². The first-order valence-corrected chi connectivity index (χ1v) is 4.83. The third-order valence-electron chi connectivity index (χ3n) is 1.44. The summed E-state index contributed by atoms with van der Waals surface area (Å²) < 4.78 is 12.6. The number of thiol groups is 1. The van der Waals surface area contributed by atoms with Crippen LogP contribution in [-0.2, 0) is 0 Å². The van der Waals surface area contributed by atoms with E-state index in [9.17, 15) is 4.39 Å². The molecule has 1 heterocycles. The number of halogens is 2. The Morgan fingerprint density at radius 2 is 2.38 bits per heavy atom. The van der Waals surface area contributed by atoms with Crippen LogP contribution < -0.4 is 0 Å². The molecule has 1 nitrogen and oxygen atoms in total. The van der Waals surface area contributed by atoms with Crippen LogP contribution in [0.4, 0.5) is 4.39 Å². The van der Waals surface area contributed by atoms with E-state index in [2.05, 4.69) is 17.6 Å². The smallest absolute Gasteiger partial charge is 0.213 e. The van der Waals surface area contributed by atoms with Crippen LogP contribution in [0.2, 0.25) is 5.02 Å². The van der Waals surface area contributed by atoms with Gasteiger partial charge in [-0.1, -0.05) is 23.8 Å². The molecule has 0 amide bonds. The van der Waals surface area contributed by atoms with Crippen LogP contribution in [0, 0.1) is 5.95 Å². The second kappa shape index (κ2) is 5.25. The van der Waals surface area contributed by atoms with E-state index in [1.165, 1.54) is 12.3 Å². The first-order valence-electron chi connectivity index (χ1n) is 3.82. The first kappa shape index (κ1) is 10.5. The highest BCUT2D eigenvalue weighted by Crippen LogP contribution is 2.16. The zero-order chi connectivity index (χ0) is 9.68. The van der Waals surface area contributed by atoms with Crippen molar-refractivity contribution in [3.05, 3.63) is 34.9 Å². The molecule has 0 aliphatic rings. The largest absolute Gasteiger partial charge is 0.227 e. The van der Waals surface area contributed by atoms with Gasteiger partial charge in [-0.2, -0.15) is 17.0 Å². The summed E-state index contributed by atoms with van der Waals surface area (Å²) in [4.78, 5) is 3.42. The van der Waals surface area contributed by atoms with Gasteiger partial charge in [0.2, 0.25) is 5.95 Å². The second-order valence-electron chi connectivity index (χ2n) is 2.44. The Hall–Kier alpha value is -0.540. The molecule has 0 bridgehead atoms. The topological polar surface area (TPSA) is 12.9 Å². The molecule has 0 N–H and O–H groups in total. The van der Waals surface area contributed by atoms with Gasteiger partial charge in [-0.3, -0.25) is 0 Å². The van der Waals surface area contributed by atoms with Crippen molar-refractivity contribution in [3.8, 4) is 0 Å². The number of nitrogens with zero attached hydrogens (tertiary/aromatic N) is 1. The van der Waals surface area contributed by atoms with E-state index in [1.54, 1.807) is 6.08 Å². The minimum absolute atomic E-state index is 0.455. The van der Waals surface area contributed by atoms with Crippen LogP contribution in [0.3, 0.4) is 0 Å². The number of rotatable bonds is 3. The summed E-state index contributed by atoms with van der Waals surface area (Å²) in [5.41, 5.74) is 0.649. The van der Waals surface area contributed by atoms with Gasteiger partial charge in [-0.05, 0) is 17.7 Å². The molecular formula is C9H9ClFNS. The lowest BCUT2D eigenvalue weighted by Crippen LogP contribution is -1.84. The average Bonchev–Trinajstić information content (AvgIpc) is 2.11. The summed E-state index contributed by atoms with van der Waals surface area (Å²) in [6, 6.07) is 1.30. The van der Waals surface area contributed by atoms with E-state index in [0.29, 0.717) is 10.6 Å². The van der Waals surface area contributed by atoms with Crippen molar-refractivity contribution < 1.29 is 4.39 Å². The minimum Gasteiger partial charge on any atom is -0.227 e. The number of hydrogen-bond donors (Lipinski definition) is 1. The van der Waals surface area contributed by atoms with Gasteiger partial charge in [0.1, 0.15) is 0 Å². The molecule has 1 aromatic heterocycles. The number of pyridine rings is 1. The molecule has 0 aromatic carbocycles. The van der Waals surface area contributed by atoms with Crippen LogP contribution in [0.1, 0.15) is 12.0 Å². The molecule has 4 heteroatoms. The van der Waals surface area contributed by atoms with Crippen molar-refractivity contribution in [2.45, 2.75) is 6.42 Å². The summed E-state index contributed by atoms with van der Waals surface area (Å²) in [7, 11) is 0. The molecule has 0 spiro atoms. The Bertz CT molecular complexity index is 314. The number of hydrogen-bond acceptors (Lipinski definition) is 2. The summed E-state index contributed by atoms with van der Waals surface area (Å²) in [6.07, 6.45) is 5.80.